The summed E-state index contributed by atoms with van der Waals surface area (Å²) in [6.45, 7) is 1.59. The topological polar surface area (TPSA) is 68.5 Å². The molecule has 0 radical (unpaired) electrons. The van der Waals surface area contributed by atoms with Crippen LogP contribution in [-0.4, -0.2) is 23.4 Å². The van der Waals surface area contributed by atoms with E-state index in [1.807, 2.05) is 37.3 Å². The van der Waals surface area contributed by atoms with E-state index in [0.717, 1.165) is 36.7 Å². The van der Waals surface area contributed by atoms with E-state index >= 15 is 0 Å². The van der Waals surface area contributed by atoms with Crippen molar-refractivity contribution in [1.82, 2.24) is 5.32 Å². The van der Waals surface area contributed by atoms with Crippen LogP contribution >= 0.6 is 11.6 Å². The molecule has 1 amide bonds. The molecule has 1 N–H and O–H groups in total. The van der Waals surface area contributed by atoms with Gasteiger partial charge in [-0.25, -0.2) is 0 Å². The van der Waals surface area contributed by atoms with E-state index in [4.69, 9.17) is 20.8 Å². The van der Waals surface area contributed by atoms with Crippen molar-refractivity contribution in [1.29, 1.82) is 0 Å². The summed E-state index contributed by atoms with van der Waals surface area (Å²) >= 11 is 6.80. The summed E-state index contributed by atoms with van der Waals surface area (Å²) in [4.78, 5) is 25.1. The molecule has 154 valence electrons. The fourth-order valence-corrected chi connectivity index (χ4v) is 6.94. The van der Waals surface area contributed by atoms with Crippen LogP contribution in [0.25, 0.3) is 11.0 Å². The number of esters is 1. The third-order valence-electron chi connectivity index (χ3n) is 7.01. The highest BCUT2D eigenvalue weighted by atomic mass is 35.5. The quantitative estimate of drug-likeness (QED) is 0.566. The van der Waals surface area contributed by atoms with Crippen LogP contribution in [0.3, 0.4) is 0 Å². The normalized spacial score (nSPS) is 33.6. The standard InChI is InChI=1S/C23H26ClNO4/c1-14(19-7-17-4-2-3-5-18(17)29-19)25-20(26)12-28-21(27)22-8-15-6-16(9-22)11-23(24,10-15)13-22/h2-5,7,14-16H,6,8-13H2,1H3,(H,25,26)/t14-,15-,16+,22?,23?/m0/s1. The van der Waals surface area contributed by atoms with Crippen LogP contribution < -0.4 is 5.32 Å². The maximum Gasteiger partial charge on any atom is 0.312 e. The van der Waals surface area contributed by atoms with Crippen molar-refractivity contribution in [2.75, 3.05) is 6.61 Å². The summed E-state index contributed by atoms with van der Waals surface area (Å²) < 4.78 is 11.3. The molecule has 0 saturated heterocycles. The molecule has 2 unspecified atom stereocenters. The van der Waals surface area contributed by atoms with Gasteiger partial charge < -0.3 is 14.5 Å². The minimum absolute atomic E-state index is 0.247. The highest BCUT2D eigenvalue weighted by Gasteiger charge is 2.60. The number of carbonyl (C=O) groups is 2. The molecule has 5 nitrogen and oxygen atoms in total. The number of amides is 1. The van der Waals surface area contributed by atoms with Crippen molar-refractivity contribution >= 4 is 34.4 Å². The molecule has 0 aliphatic heterocycles. The number of rotatable bonds is 5. The first-order valence-corrected chi connectivity index (χ1v) is 10.9. The van der Waals surface area contributed by atoms with Gasteiger partial charge >= 0.3 is 5.97 Å². The zero-order valence-electron chi connectivity index (χ0n) is 16.6. The minimum atomic E-state index is -0.490. The molecule has 4 aliphatic rings. The molecular formula is C23H26ClNO4. The Morgan fingerprint density at radius 1 is 1.24 bits per heavy atom. The Labute approximate surface area is 175 Å². The minimum Gasteiger partial charge on any atom is -0.459 e. The first kappa shape index (κ1) is 19.0. The average molecular weight is 416 g/mol. The third-order valence-corrected chi connectivity index (χ3v) is 7.45. The van der Waals surface area contributed by atoms with Crippen LogP contribution in [0.2, 0.25) is 0 Å². The van der Waals surface area contributed by atoms with Gasteiger partial charge in [-0.3, -0.25) is 9.59 Å². The molecule has 1 aromatic carbocycles. The van der Waals surface area contributed by atoms with Gasteiger partial charge in [-0.1, -0.05) is 18.2 Å². The van der Waals surface area contributed by atoms with Gasteiger partial charge in [-0.15, -0.1) is 11.6 Å². The molecule has 6 heteroatoms. The maximum absolute atomic E-state index is 12.9. The zero-order valence-corrected chi connectivity index (χ0v) is 17.3. The van der Waals surface area contributed by atoms with E-state index in [2.05, 4.69) is 5.32 Å². The lowest BCUT2D eigenvalue weighted by molar-refractivity contribution is -0.171. The van der Waals surface area contributed by atoms with E-state index in [1.165, 1.54) is 6.42 Å². The summed E-state index contributed by atoms with van der Waals surface area (Å²) in [6.07, 6.45) is 5.59. The largest absolute Gasteiger partial charge is 0.459 e. The molecule has 4 aliphatic carbocycles. The number of halogens is 1. The van der Waals surface area contributed by atoms with E-state index in [0.29, 0.717) is 24.0 Å². The fourth-order valence-electron chi connectivity index (χ4n) is 6.24. The van der Waals surface area contributed by atoms with Crippen molar-refractivity contribution in [2.24, 2.45) is 17.3 Å². The van der Waals surface area contributed by atoms with E-state index < -0.39 is 5.41 Å². The second-order valence-electron chi connectivity index (χ2n) is 9.44. The van der Waals surface area contributed by atoms with Crippen molar-refractivity contribution in [3.05, 3.63) is 36.1 Å². The molecule has 1 aromatic heterocycles. The van der Waals surface area contributed by atoms with E-state index in [-0.39, 0.29) is 29.4 Å². The highest BCUT2D eigenvalue weighted by molar-refractivity contribution is 6.24. The molecule has 29 heavy (non-hydrogen) atoms. The Kier molecular flexibility index (Phi) is 4.43. The average Bonchev–Trinajstić information content (AvgIpc) is 3.08. The Bertz CT molecular complexity index is 920. The number of carbonyl (C=O) groups excluding carboxylic acids is 2. The Hall–Kier alpha value is -2.01. The van der Waals surface area contributed by atoms with Crippen LogP contribution in [-0.2, 0) is 14.3 Å². The zero-order chi connectivity index (χ0) is 20.2. The number of ether oxygens (including phenoxy) is 1. The van der Waals surface area contributed by atoms with E-state index in [1.54, 1.807) is 0 Å². The molecule has 4 bridgehead atoms. The number of benzene rings is 1. The molecule has 4 fully saturated rings. The summed E-state index contributed by atoms with van der Waals surface area (Å²) in [5.41, 5.74) is 0.294. The number of fused-ring (bicyclic) bond motifs is 1. The smallest absolute Gasteiger partial charge is 0.312 e. The lowest BCUT2D eigenvalue weighted by Gasteiger charge is -2.58. The van der Waals surface area contributed by atoms with Crippen LogP contribution in [0, 0.1) is 17.3 Å². The number of nitrogens with one attached hydrogen (secondary N) is 1. The number of hydrogen-bond donors (Lipinski definition) is 1. The van der Waals surface area contributed by atoms with Crippen molar-refractivity contribution in [2.45, 2.75) is 56.4 Å². The number of alkyl halides is 1. The Balaban J connectivity index is 1.19. The number of para-hydroxylation sites is 1. The van der Waals surface area contributed by atoms with E-state index in [9.17, 15) is 9.59 Å². The number of furan rings is 1. The van der Waals surface area contributed by atoms with Crippen molar-refractivity contribution in [3.63, 3.8) is 0 Å². The fraction of sp³-hybridized carbons (Fsp3) is 0.565. The maximum atomic E-state index is 12.9. The second kappa shape index (κ2) is 6.76. The summed E-state index contributed by atoms with van der Waals surface area (Å²) in [5.74, 6) is 1.14. The second-order valence-corrected chi connectivity index (χ2v) is 10.2. The molecule has 5 atom stereocenters. The summed E-state index contributed by atoms with van der Waals surface area (Å²) in [7, 11) is 0. The number of hydrogen-bond acceptors (Lipinski definition) is 4. The van der Waals surface area contributed by atoms with Gasteiger partial charge in [-0.2, -0.15) is 0 Å². The Morgan fingerprint density at radius 2 is 1.97 bits per heavy atom. The molecule has 4 saturated carbocycles. The van der Waals surface area contributed by atoms with Crippen LogP contribution in [0.4, 0.5) is 0 Å². The summed E-state index contributed by atoms with van der Waals surface area (Å²) in [6, 6.07) is 9.33. The predicted octanol–water partition coefficient (Wildman–Crippen LogP) is 4.73. The van der Waals surface area contributed by atoms with Gasteiger partial charge in [0, 0.05) is 10.3 Å². The van der Waals surface area contributed by atoms with Gasteiger partial charge in [-0.05, 0) is 69.4 Å². The Morgan fingerprint density at radius 3 is 2.66 bits per heavy atom. The van der Waals surface area contributed by atoms with Crippen LogP contribution in [0.1, 0.15) is 57.3 Å². The van der Waals surface area contributed by atoms with Gasteiger partial charge in [0.1, 0.15) is 11.3 Å². The monoisotopic (exact) mass is 415 g/mol. The summed E-state index contributed by atoms with van der Waals surface area (Å²) in [5, 5.41) is 3.85. The molecule has 2 aromatic rings. The van der Waals surface area contributed by atoms with Gasteiger partial charge in [0.25, 0.3) is 5.91 Å². The first-order chi connectivity index (χ1) is 13.8. The van der Waals surface area contributed by atoms with Gasteiger partial charge in [0.15, 0.2) is 6.61 Å². The molecule has 0 spiro atoms. The molecule has 1 heterocycles. The van der Waals surface area contributed by atoms with Crippen molar-refractivity contribution < 1.29 is 18.7 Å². The highest BCUT2D eigenvalue weighted by Crippen LogP contribution is 2.64. The predicted molar refractivity (Wildman–Crippen MR) is 109 cm³/mol. The SMILES string of the molecule is C[C@H](NC(=O)COC(=O)C12C[C@@H]3C[C@@H](CC(Cl)(C3)C1)C2)c1cc2ccccc2o1. The van der Waals surface area contributed by atoms with Crippen LogP contribution in [0.15, 0.2) is 34.7 Å². The molecular weight excluding hydrogens is 390 g/mol. The van der Waals surface area contributed by atoms with Gasteiger partial charge in [0.2, 0.25) is 0 Å². The first-order valence-electron chi connectivity index (χ1n) is 10.5. The molecule has 6 rings (SSSR count). The lowest BCUT2D eigenvalue weighted by Crippen LogP contribution is -2.56. The van der Waals surface area contributed by atoms with Gasteiger partial charge in [0.05, 0.1) is 11.5 Å². The van der Waals surface area contributed by atoms with Crippen LogP contribution in [0.5, 0.6) is 0 Å². The third kappa shape index (κ3) is 3.43. The van der Waals surface area contributed by atoms with Crippen molar-refractivity contribution in [3.8, 4) is 0 Å². The lowest BCUT2D eigenvalue weighted by atomic mass is 9.49.